The molecule has 100 valence electrons. The molecule has 2 aromatic rings. The molecule has 1 amide bonds. The van der Waals surface area contributed by atoms with Gasteiger partial charge in [0.15, 0.2) is 0 Å². The van der Waals surface area contributed by atoms with Crippen molar-refractivity contribution in [3.8, 4) is 0 Å². The summed E-state index contributed by atoms with van der Waals surface area (Å²) in [7, 11) is 0. The van der Waals surface area contributed by atoms with Crippen LogP contribution >= 0.6 is 0 Å². The van der Waals surface area contributed by atoms with Crippen LogP contribution in [0.2, 0.25) is 0 Å². The molecule has 19 heavy (non-hydrogen) atoms. The van der Waals surface area contributed by atoms with Crippen LogP contribution in [0.4, 0.5) is 0 Å². The van der Waals surface area contributed by atoms with Gasteiger partial charge >= 0.3 is 0 Å². The van der Waals surface area contributed by atoms with Crippen molar-refractivity contribution in [2.24, 2.45) is 5.73 Å². The first kappa shape index (κ1) is 13.2. The zero-order chi connectivity index (χ0) is 14.0. The van der Waals surface area contributed by atoms with Gasteiger partial charge < -0.3 is 11.1 Å². The summed E-state index contributed by atoms with van der Waals surface area (Å²) in [5, 5.41) is 2.63. The summed E-state index contributed by atoms with van der Waals surface area (Å²) in [5.74, 6) is -0.464. The van der Waals surface area contributed by atoms with Crippen LogP contribution in [0.1, 0.15) is 24.2 Å². The number of hydrogen-bond acceptors (Lipinski definition) is 4. The second kappa shape index (κ2) is 4.81. The molecule has 0 aliphatic heterocycles. The number of nitrogens with one attached hydrogen (secondary N) is 1. The van der Waals surface area contributed by atoms with Gasteiger partial charge in [-0.15, -0.1) is 0 Å². The second-order valence-electron chi connectivity index (χ2n) is 5.08. The van der Waals surface area contributed by atoms with E-state index in [0.717, 1.165) is 0 Å². The van der Waals surface area contributed by atoms with Gasteiger partial charge in [0.05, 0.1) is 0 Å². The number of rotatable bonds is 3. The first-order valence-corrected chi connectivity index (χ1v) is 5.92. The van der Waals surface area contributed by atoms with Crippen LogP contribution < -0.4 is 16.6 Å². The Kier molecular flexibility index (Phi) is 3.35. The molecule has 0 spiro atoms. The molecule has 2 rings (SSSR count). The molecule has 0 bridgehead atoms. The van der Waals surface area contributed by atoms with E-state index in [9.17, 15) is 9.59 Å². The van der Waals surface area contributed by atoms with Crippen LogP contribution in [0.25, 0.3) is 5.65 Å². The monoisotopic (exact) mass is 260 g/mol. The molecular weight excluding hydrogens is 244 g/mol. The Morgan fingerprint density at radius 1 is 1.47 bits per heavy atom. The van der Waals surface area contributed by atoms with Crippen LogP contribution in [0.15, 0.2) is 35.4 Å². The number of carbonyl (C=O) groups excluding carboxylic acids is 1. The number of hydrogen-bond donors (Lipinski definition) is 2. The predicted octanol–water partition coefficient (Wildman–Crippen LogP) is 0.162. The topological polar surface area (TPSA) is 89.5 Å². The Morgan fingerprint density at radius 3 is 2.89 bits per heavy atom. The van der Waals surface area contributed by atoms with Gasteiger partial charge in [-0.2, -0.15) is 0 Å². The van der Waals surface area contributed by atoms with Crippen molar-refractivity contribution in [2.75, 3.05) is 6.54 Å². The minimum absolute atomic E-state index is 0.00736. The summed E-state index contributed by atoms with van der Waals surface area (Å²) in [6.07, 6.45) is 2.87. The highest BCUT2D eigenvalue weighted by Crippen LogP contribution is 1.99. The summed E-state index contributed by atoms with van der Waals surface area (Å²) >= 11 is 0. The first-order valence-electron chi connectivity index (χ1n) is 5.92. The fraction of sp³-hybridized carbons (Fsp3) is 0.308. The maximum Gasteiger partial charge on any atom is 0.270 e. The van der Waals surface area contributed by atoms with Gasteiger partial charge in [0.2, 0.25) is 0 Å². The smallest absolute Gasteiger partial charge is 0.270 e. The SMILES string of the molecule is CC(C)(N)CNC(=O)c1cnc2ccccn2c1=O. The van der Waals surface area contributed by atoms with E-state index in [1.165, 1.54) is 10.6 Å². The number of amides is 1. The lowest BCUT2D eigenvalue weighted by Crippen LogP contribution is -2.46. The number of pyridine rings is 1. The Morgan fingerprint density at radius 2 is 2.21 bits per heavy atom. The van der Waals surface area contributed by atoms with Crippen molar-refractivity contribution in [3.05, 3.63) is 46.5 Å². The van der Waals surface area contributed by atoms with Crippen molar-refractivity contribution < 1.29 is 4.79 Å². The van der Waals surface area contributed by atoms with E-state index in [1.54, 1.807) is 38.2 Å². The zero-order valence-electron chi connectivity index (χ0n) is 10.9. The van der Waals surface area contributed by atoms with Gasteiger partial charge in [-0.3, -0.25) is 14.0 Å². The average molecular weight is 260 g/mol. The number of carbonyl (C=O) groups is 1. The summed E-state index contributed by atoms with van der Waals surface area (Å²) in [5.41, 5.74) is 5.36. The fourth-order valence-corrected chi connectivity index (χ4v) is 1.59. The third kappa shape index (κ3) is 2.97. The molecule has 0 fully saturated rings. The van der Waals surface area contributed by atoms with Crippen LogP contribution in [0.3, 0.4) is 0 Å². The lowest BCUT2D eigenvalue weighted by atomic mass is 10.1. The standard InChI is InChI=1S/C13H16N4O2/c1-13(2,14)8-16-11(18)9-7-15-10-5-3-4-6-17(10)12(9)19/h3-7H,8,14H2,1-2H3,(H,16,18). The molecule has 0 radical (unpaired) electrons. The second-order valence-corrected chi connectivity index (χ2v) is 5.08. The average Bonchev–Trinajstić information content (AvgIpc) is 2.36. The van der Waals surface area contributed by atoms with E-state index in [1.807, 2.05) is 0 Å². The zero-order valence-corrected chi connectivity index (χ0v) is 10.9. The van der Waals surface area contributed by atoms with Gasteiger partial charge in [0.25, 0.3) is 11.5 Å². The molecule has 0 aliphatic rings. The normalized spacial score (nSPS) is 11.5. The highest BCUT2D eigenvalue weighted by molar-refractivity contribution is 5.93. The van der Waals surface area contributed by atoms with E-state index in [4.69, 9.17) is 5.73 Å². The van der Waals surface area contributed by atoms with Gasteiger partial charge in [0.1, 0.15) is 11.2 Å². The third-order valence-corrected chi connectivity index (χ3v) is 2.56. The fourth-order valence-electron chi connectivity index (χ4n) is 1.59. The highest BCUT2D eigenvalue weighted by atomic mass is 16.2. The van der Waals surface area contributed by atoms with Crippen molar-refractivity contribution in [1.82, 2.24) is 14.7 Å². The van der Waals surface area contributed by atoms with Crippen LogP contribution in [-0.4, -0.2) is 27.4 Å². The Balaban J connectivity index is 2.33. The van der Waals surface area contributed by atoms with Crippen LogP contribution in [0.5, 0.6) is 0 Å². The molecule has 0 aliphatic carbocycles. The van der Waals surface area contributed by atoms with Gasteiger partial charge in [-0.1, -0.05) is 6.07 Å². The Hall–Kier alpha value is -2.21. The van der Waals surface area contributed by atoms with Crippen molar-refractivity contribution >= 4 is 11.6 Å². The molecule has 0 unspecified atom stereocenters. The molecule has 0 saturated carbocycles. The largest absolute Gasteiger partial charge is 0.350 e. The van der Waals surface area contributed by atoms with E-state index in [-0.39, 0.29) is 12.1 Å². The third-order valence-electron chi connectivity index (χ3n) is 2.56. The molecule has 0 saturated heterocycles. The molecule has 6 heteroatoms. The van der Waals surface area contributed by atoms with Gasteiger partial charge in [-0.05, 0) is 26.0 Å². The quantitative estimate of drug-likeness (QED) is 0.822. The molecule has 0 atom stereocenters. The van der Waals surface area contributed by atoms with Crippen molar-refractivity contribution in [2.45, 2.75) is 19.4 Å². The van der Waals surface area contributed by atoms with Gasteiger partial charge in [0, 0.05) is 24.5 Å². The summed E-state index contributed by atoms with van der Waals surface area (Å²) in [4.78, 5) is 28.1. The van der Waals surface area contributed by atoms with Gasteiger partial charge in [-0.25, -0.2) is 4.98 Å². The molecule has 0 aromatic carbocycles. The number of nitrogens with zero attached hydrogens (tertiary/aromatic N) is 2. The summed E-state index contributed by atoms with van der Waals surface area (Å²) < 4.78 is 1.34. The number of fused-ring (bicyclic) bond motifs is 1. The summed E-state index contributed by atoms with van der Waals surface area (Å²) in [6, 6.07) is 5.19. The lowest BCUT2D eigenvalue weighted by Gasteiger charge is -2.18. The van der Waals surface area contributed by atoms with E-state index < -0.39 is 17.0 Å². The van der Waals surface area contributed by atoms with Crippen LogP contribution in [0, 0.1) is 0 Å². The minimum atomic E-state index is -0.532. The van der Waals surface area contributed by atoms with E-state index in [0.29, 0.717) is 5.65 Å². The maximum atomic E-state index is 12.1. The molecule has 6 nitrogen and oxygen atoms in total. The minimum Gasteiger partial charge on any atom is -0.350 e. The van der Waals surface area contributed by atoms with E-state index in [2.05, 4.69) is 10.3 Å². The Bertz CT molecular complexity index is 670. The number of nitrogens with two attached hydrogens (primary N) is 1. The lowest BCUT2D eigenvalue weighted by molar-refractivity contribution is 0.0944. The maximum absolute atomic E-state index is 12.1. The predicted molar refractivity (Wildman–Crippen MR) is 72.1 cm³/mol. The summed E-state index contributed by atoms with van der Waals surface area (Å²) in [6.45, 7) is 3.86. The highest BCUT2D eigenvalue weighted by Gasteiger charge is 2.16. The van der Waals surface area contributed by atoms with Crippen molar-refractivity contribution in [1.29, 1.82) is 0 Å². The number of aromatic nitrogens is 2. The van der Waals surface area contributed by atoms with Crippen molar-refractivity contribution in [3.63, 3.8) is 0 Å². The Labute approximate surface area is 110 Å². The molecule has 3 N–H and O–H groups in total. The van der Waals surface area contributed by atoms with Crippen LogP contribution in [-0.2, 0) is 0 Å². The molecular formula is C13H16N4O2. The molecule has 2 heterocycles. The van der Waals surface area contributed by atoms with E-state index >= 15 is 0 Å². The molecule has 2 aromatic heterocycles. The first-order chi connectivity index (χ1) is 8.88.